The number of amides is 4. The number of hydrogen-bond donors (Lipinski definition) is 4. The smallest absolute Gasteiger partial charge is 0.319 e. The van der Waals surface area contributed by atoms with Crippen LogP contribution >= 0.6 is 23.2 Å². The predicted molar refractivity (Wildman–Crippen MR) is 116 cm³/mol. The van der Waals surface area contributed by atoms with Crippen LogP contribution in [0.5, 0.6) is 5.75 Å². The Balaban J connectivity index is 1.38. The summed E-state index contributed by atoms with van der Waals surface area (Å²) < 4.78 is 0. The van der Waals surface area contributed by atoms with E-state index in [0.29, 0.717) is 28.6 Å². The molecule has 2 fully saturated rings. The van der Waals surface area contributed by atoms with Crippen molar-refractivity contribution in [1.82, 2.24) is 15.5 Å². The van der Waals surface area contributed by atoms with E-state index in [1.807, 2.05) is 0 Å². The molecule has 2 aliphatic heterocycles. The number of phenolic OH excluding ortho intramolecular Hbond substituents is 1. The van der Waals surface area contributed by atoms with Crippen molar-refractivity contribution >= 4 is 46.7 Å². The fourth-order valence-corrected chi connectivity index (χ4v) is 4.36. The molecule has 2 aromatic rings. The summed E-state index contributed by atoms with van der Waals surface area (Å²) in [4.78, 5) is 39.4. The molecular formula is C21H20Cl2N4O4. The molecule has 2 heterocycles. The van der Waals surface area contributed by atoms with Gasteiger partial charge in [0.2, 0.25) is 11.8 Å². The lowest BCUT2D eigenvalue weighted by molar-refractivity contribution is -0.147. The van der Waals surface area contributed by atoms with E-state index < -0.39 is 18.1 Å². The molecule has 0 unspecified atom stereocenters. The van der Waals surface area contributed by atoms with Crippen LogP contribution in [0.4, 0.5) is 10.5 Å². The molecule has 2 aromatic carbocycles. The van der Waals surface area contributed by atoms with Gasteiger partial charge in [0.05, 0.1) is 16.8 Å². The first-order chi connectivity index (χ1) is 14.8. The molecule has 0 bridgehead atoms. The highest BCUT2D eigenvalue weighted by Crippen LogP contribution is 2.26. The van der Waals surface area contributed by atoms with Crippen molar-refractivity contribution in [1.29, 1.82) is 0 Å². The summed E-state index contributed by atoms with van der Waals surface area (Å²) >= 11 is 11.9. The Morgan fingerprint density at radius 1 is 1.16 bits per heavy atom. The highest BCUT2D eigenvalue weighted by molar-refractivity contribution is 6.36. The van der Waals surface area contributed by atoms with E-state index in [0.717, 1.165) is 5.56 Å². The van der Waals surface area contributed by atoms with Gasteiger partial charge in [0.25, 0.3) is 0 Å². The lowest BCUT2D eigenvalue weighted by Crippen LogP contribution is -2.61. The Morgan fingerprint density at radius 3 is 2.61 bits per heavy atom. The quantitative estimate of drug-likeness (QED) is 0.559. The van der Waals surface area contributed by atoms with E-state index >= 15 is 0 Å². The molecule has 162 valence electrons. The predicted octanol–water partition coefficient (Wildman–Crippen LogP) is 2.53. The molecule has 0 spiro atoms. The van der Waals surface area contributed by atoms with Crippen molar-refractivity contribution in [3.8, 4) is 5.75 Å². The number of anilines is 1. The number of halogens is 2. The van der Waals surface area contributed by atoms with Crippen LogP contribution in [-0.4, -0.2) is 52.5 Å². The normalized spacial score (nSPS) is 22.6. The summed E-state index contributed by atoms with van der Waals surface area (Å²) in [6, 6.07) is 9.05. The Hall–Kier alpha value is -2.97. The number of rotatable bonds is 4. The van der Waals surface area contributed by atoms with E-state index in [1.165, 1.54) is 23.1 Å². The van der Waals surface area contributed by atoms with Gasteiger partial charge in [0.15, 0.2) is 0 Å². The van der Waals surface area contributed by atoms with Crippen LogP contribution < -0.4 is 16.0 Å². The van der Waals surface area contributed by atoms with Crippen molar-refractivity contribution in [2.24, 2.45) is 0 Å². The van der Waals surface area contributed by atoms with Crippen LogP contribution in [0.2, 0.25) is 10.0 Å². The second-order valence-corrected chi connectivity index (χ2v) is 8.44. The zero-order valence-corrected chi connectivity index (χ0v) is 17.8. The first kappa shape index (κ1) is 21.3. The molecule has 4 N–H and O–H groups in total. The Morgan fingerprint density at radius 2 is 1.90 bits per heavy atom. The number of urea groups is 1. The Bertz CT molecular complexity index is 1030. The van der Waals surface area contributed by atoms with Gasteiger partial charge >= 0.3 is 6.03 Å². The average Bonchev–Trinajstić information content (AvgIpc) is 3.14. The lowest BCUT2D eigenvalue weighted by atomic mass is 10.0. The van der Waals surface area contributed by atoms with Gasteiger partial charge in [-0.25, -0.2) is 4.79 Å². The largest absolute Gasteiger partial charge is 0.508 e. The third kappa shape index (κ3) is 4.70. The minimum absolute atomic E-state index is 0.134. The number of aromatic hydroxyl groups is 1. The van der Waals surface area contributed by atoms with Gasteiger partial charge in [-0.15, -0.1) is 0 Å². The fraction of sp³-hybridized carbons (Fsp3) is 0.286. The molecule has 2 saturated heterocycles. The van der Waals surface area contributed by atoms with Gasteiger partial charge in [0, 0.05) is 18.0 Å². The molecule has 4 rings (SSSR count). The first-order valence-corrected chi connectivity index (χ1v) is 10.5. The number of piperazine rings is 1. The van der Waals surface area contributed by atoms with Gasteiger partial charge in [-0.05, 0) is 42.3 Å². The SMILES string of the molecule is O=C(Nc1ccc(Cl)cc1Cl)N[C@H]1C[C@H]2C(=O)N[C@@H](Cc3ccc(O)cc3)C(=O)N2C1. The fourth-order valence-electron chi connectivity index (χ4n) is 3.90. The lowest BCUT2D eigenvalue weighted by Gasteiger charge is -2.34. The molecule has 8 nitrogen and oxygen atoms in total. The highest BCUT2D eigenvalue weighted by atomic mass is 35.5. The number of carbonyl (C=O) groups is 3. The van der Waals surface area contributed by atoms with Crippen molar-refractivity contribution in [3.05, 3.63) is 58.1 Å². The minimum atomic E-state index is -0.686. The van der Waals surface area contributed by atoms with Crippen LogP contribution in [0, 0.1) is 0 Å². The molecular weight excluding hydrogens is 443 g/mol. The Kier molecular flexibility index (Phi) is 5.93. The number of nitrogens with one attached hydrogen (secondary N) is 3. The molecule has 0 saturated carbocycles. The van der Waals surface area contributed by atoms with Crippen molar-refractivity contribution < 1.29 is 19.5 Å². The molecule has 10 heteroatoms. The number of hydrogen-bond acceptors (Lipinski definition) is 4. The Labute approximate surface area is 188 Å². The van der Waals surface area contributed by atoms with Crippen molar-refractivity contribution in [2.45, 2.75) is 31.0 Å². The number of carbonyl (C=O) groups excluding carboxylic acids is 3. The van der Waals surface area contributed by atoms with Gasteiger partial charge in [-0.2, -0.15) is 0 Å². The third-order valence-electron chi connectivity index (χ3n) is 5.39. The molecule has 2 aliphatic rings. The number of fused-ring (bicyclic) bond motifs is 1. The zero-order valence-electron chi connectivity index (χ0n) is 16.3. The van der Waals surface area contributed by atoms with Gasteiger partial charge in [-0.1, -0.05) is 35.3 Å². The van der Waals surface area contributed by atoms with Gasteiger partial charge in [0.1, 0.15) is 17.8 Å². The van der Waals surface area contributed by atoms with Crippen molar-refractivity contribution in [3.63, 3.8) is 0 Å². The summed E-state index contributed by atoms with van der Waals surface area (Å²) in [5.74, 6) is -0.300. The number of nitrogens with zero attached hydrogens (tertiary/aromatic N) is 1. The molecule has 0 radical (unpaired) electrons. The summed E-state index contributed by atoms with van der Waals surface area (Å²) in [5, 5.41) is 18.4. The standard InChI is InChI=1S/C21H20Cl2N4O4/c22-12-3-6-16(15(23)8-12)26-21(31)24-13-9-18-19(29)25-17(20(30)27(18)10-13)7-11-1-4-14(28)5-2-11/h1-6,8,13,17-18,28H,7,9-10H2,(H,25,29)(H2,24,26,31)/t13-,17-,18-/m0/s1. The van der Waals surface area contributed by atoms with Crippen LogP contribution in [0.1, 0.15) is 12.0 Å². The van der Waals surface area contributed by atoms with Gasteiger partial charge in [-0.3, -0.25) is 9.59 Å². The highest BCUT2D eigenvalue weighted by Gasteiger charge is 2.46. The summed E-state index contributed by atoms with van der Waals surface area (Å²) in [7, 11) is 0. The molecule has 4 amide bonds. The topological polar surface area (TPSA) is 111 Å². The summed E-state index contributed by atoms with van der Waals surface area (Å²) in [6.07, 6.45) is 0.646. The summed E-state index contributed by atoms with van der Waals surface area (Å²) in [6.45, 7) is 0.241. The van der Waals surface area contributed by atoms with Crippen LogP contribution in [0.3, 0.4) is 0 Å². The average molecular weight is 463 g/mol. The number of benzene rings is 2. The first-order valence-electron chi connectivity index (χ1n) is 9.71. The molecule has 0 aliphatic carbocycles. The van der Waals surface area contributed by atoms with E-state index in [-0.39, 0.29) is 30.2 Å². The van der Waals surface area contributed by atoms with E-state index in [1.54, 1.807) is 24.3 Å². The number of phenols is 1. The third-order valence-corrected chi connectivity index (χ3v) is 5.94. The second kappa shape index (κ2) is 8.64. The monoisotopic (exact) mass is 462 g/mol. The van der Waals surface area contributed by atoms with Crippen LogP contribution in [-0.2, 0) is 16.0 Å². The zero-order chi connectivity index (χ0) is 22.1. The van der Waals surface area contributed by atoms with E-state index in [2.05, 4.69) is 16.0 Å². The van der Waals surface area contributed by atoms with Crippen LogP contribution in [0.15, 0.2) is 42.5 Å². The maximum atomic E-state index is 12.9. The second-order valence-electron chi connectivity index (χ2n) is 7.59. The molecule has 3 atom stereocenters. The minimum Gasteiger partial charge on any atom is -0.508 e. The van der Waals surface area contributed by atoms with E-state index in [9.17, 15) is 19.5 Å². The maximum Gasteiger partial charge on any atom is 0.319 e. The molecule has 31 heavy (non-hydrogen) atoms. The summed E-state index contributed by atoms with van der Waals surface area (Å²) in [5.41, 5.74) is 1.23. The van der Waals surface area contributed by atoms with E-state index in [4.69, 9.17) is 23.2 Å². The molecule has 0 aromatic heterocycles. The van der Waals surface area contributed by atoms with Crippen molar-refractivity contribution in [2.75, 3.05) is 11.9 Å². The van der Waals surface area contributed by atoms with Crippen LogP contribution in [0.25, 0.3) is 0 Å². The maximum absolute atomic E-state index is 12.9. The van der Waals surface area contributed by atoms with Gasteiger partial charge < -0.3 is 26.0 Å².